The molecule has 0 aromatic heterocycles. The van der Waals surface area contributed by atoms with E-state index in [0.29, 0.717) is 45.8 Å². The topological polar surface area (TPSA) is 50.8 Å². The quantitative estimate of drug-likeness (QED) is 0.108. The third-order valence-corrected chi connectivity index (χ3v) is 8.61. The Balaban J connectivity index is 2.18. The summed E-state index contributed by atoms with van der Waals surface area (Å²) in [5.74, 6) is -2.44. The summed E-state index contributed by atoms with van der Waals surface area (Å²) in [5, 5.41) is 7.37. The summed E-state index contributed by atoms with van der Waals surface area (Å²) in [5.41, 5.74) is 6.62. The number of hydrogen-bond donors (Lipinski definition) is 1. The van der Waals surface area contributed by atoms with Crippen molar-refractivity contribution in [2.45, 2.75) is 51.5 Å². The lowest BCUT2D eigenvalue weighted by Gasteiger charge is -2.50. The molecule has 0 amide bonds. The Morgan fingerprint density at radius 1 is 1.24 bits per heavy atom. The number of unbranched alkanes of at least 4 members (excludes halogenated alkanes) is 1. The average Bonchev–Trinajstić information content (AvgIpc) is 3.00. The molecule has 0 saturated heterocycles. The van der Waals surface area contributed by atoms with Crippen LogP contribution in [0.3, 0.4) is 0 Å². The minimum absolute atomic E-state index is 0.0258. The van der Waals surface area contributed by atoms with Crippen molar-refractivity contribution in [2.24, 2.45) is 16.8 Å². The molecule has 1 aliphatic heterocycles. The zero-order chi connectivity index (χ0) is 27.2. The van der Waals surface area contributed by atoms with Crippen LogP contribution in [0, 0.1) is 17.6 Å². The molecule has 3 atom stereocenters. The fourth-order valence-corrected chi connectivity index (χ4v) is 6.94. The molecule has 1 aromatic carbocycles. The molecule has 1 heterocycles. The Hall–Kier alpha value is -2.28. The largest absolute Gasteiger partial charge is 0.385 e. The molecule has 0 radical (unpaired) electrons. The Morgan fingerprint density at radius 3 is 2.70 bits per heavy atom. The highest BCUT2D eigenvalue weighted by Gasteiger charge is 2.47. The first-order valence-corrected chi connectivity index (χ1v) is 13.7. The highest BCUT2D eigenvalue weighted by Crippen LogP contribution is 2.53. The lowest BCUT2D eigenvalue weighted by Crippen LogP contribution is -2.53. The molecule has 0 saturated carbocycles. The summed E-state index contributed by atoms with van der Waals surface area (Å²) in [7, 11) is 1.95. The van der Waals surface area contributed by atoms with E-state index in [4.69, 9.17) is 15.6 Å². The second-order valence-corrected chi connectivity index (χ2v) is 11.0. The van der Waals surface area contributed by atoms with Crippen molar-refractivity contribution >= 4 is 14.3 Å². The van der Waals surface area contributed by atoms with Crippen LogP contribution in [0.4, 0.5) is 17.6 Å². The Labute approximate surface area is 218 Å². The SMILES string of the molecule is C=C(CCCCOC)N(/N=C(\C)c1cc(F)ccc1F)C1(C)C2=C(CC(F)=CC(F)=C2)PC[C@@H]1CCN. The van der Waals surface area contributed by atoms with E-state index in [-0.39, 0.29) is 23.6 Å². The minimum Gasteiger partial charge on any atom is -0.385 e. The molecule has 3 rings (SSSR count). The molecular formula is C28H36F4N3OP. The second-order valence-electron chi connectivity index (χ2n) is 9.63. The van der Waals surface area contributed by atoms with Crippen LogP contribution in [0.2, 0.25) is 0 Å². The monoisotopic (exact) mass is 537 g/mol. The molecule has 202 valence electrons. The number of ether oxygens (including phenoxy) is 1. The van der Waals surface area contributed by atoms with Crippen LogP contribution < -0.4 is 5.73 Å². The molecular weight excluding hydrogens is 501 g/mol. The van der Waals surface area contributed by atoms with E-state index in [9.17, 15) is 17.6 Å². The number of hydrogen-bond acceptors (Lipinski definition) is 4. The van der Waals surface area contributed by atoms with Gasteiger partial charge in [-0.3, -0.25) is 5.01 Å². The minimum atomic E-state index is -0.931. The summed E-state index contributed by atoms with van der Waals surface area (Å²) in [4.78, 5) is 0. The first kappa shape index (κ1) is 29.3. The first-order valence-electron chi connectivity index (χ1n) is 12.5. The first-order chi connectivity index (χ1) is 17.6. The zero-order valence-corrected chi connectivity index (χ0v) is 22.7. The Morgan fingerprint density at radius 2 is 2.00 bits per heavy atom. The average molecular weight is 538 g/mol. The van der Waals surface area contributed by atoms with E-state index < -0.39 is 28.8 Å². The zero-order valence-electron chi connectivity index (χ0n) is 21.7. The number of nitrogens with two attached hydrogens (primary N) is 1. The number of halogens is 4. The maximum Gasteiger partial charge on any atom is 0.132 e. The molecule has 37 heavy (non-hydrogen) atoms. The van der Waals surface area contributed by atoms with Crippen molar-refractivity contribution in [3.8, 4) is 0 Å². The van der Waals surface area contributed by atoms with Gasteiger partial charge in [-0.1, -0.05) is 15.2 Å². The van der Waals surface area contributed by atoms with Crippen molar-refractivity contribution in [1.29, 1.82) is 0 Å². The predicted molar refractivity (Wildman–Crippen MR) is 144 cm³/mol. The number of rotatable bonds is 11. The van der Waals surface area contributed by atoms with Crippen molar-refractivity contribution in [1.82, 2.24) is 5.01 Å². The van der Waals surface area contributed by atoms with Crippen molar-refractivity contribution in [3.05, 3.63) is 82.4 Å². The van der Waals surface area contributed by atoms with Crippen LogP contribution in [-0.2, 0) is 4.74 Å². The van der Waals surface area contributed by atoms with Gasteiger partial charge in [-0.2, -0.15) is 5.10 Å². The van der Waals surface area contributed by atoms with Gasteiger partial charge in [0.1, 0.15) is 23.3 Å². The molecule has 0 bridgehead atoms. The number of benzene rings is 1. The van der Waals surface area contributed by atoms with Gasteiger partial charge in [-0.05, 0) is 93.3 Å². The van der Waals surface area contributed by atoms with Crippen LogP contribution in [-0.4, -0.2) is 42.7 Å². The standard InChI is InChI=1S/C28H36F4N3OP/c1-18(7-5-6-12-36-4)35(34-19(2)24-14-21(29)8-9-26(24)32)28(3)20(10-11-33)17-37-27-16-23(31)13-22(30)15-25(27)28/h8-9,13-15,20,37H,1,5-7,10-12,16-17,33H2,2-4H3/b34-19+/t20-,28?/m0/s1. The summed E-state index contributed by atoms with van der Waals surface area (Å²) in [6.45, 7) is 8.85. The van der Waals surface area contributed by atoms with Gasteiger partial charge >= 0.3 is 0 Å². The highest BCUT2D eigenvalue weighted by molar-refractivity contribution is 7.43. The summed E-state index contributed by atoms with van der Waals surface area (Å²) in [6.07, 6.45) is 5.80. The van der Waals surface area contributed by atoms with E-state index in [2.05, 4.69) is 6.58 Å². The fourth-order valence-electron chi connectivity index (χ4n) is 5.04. The molecule has 4 nitrogen and oxygen atoms in total. The van der Waals surface area contributed by atoms with Gasteiger partial charge in [0.05, 0.1) is 11.3 Å². The van der Waals surface area contributed by atoms with Gasteiger partial charge in [0.2, 0.25) is 0 Å². The number of allylic oxidation sites excluding steroid dienone is 5. The normalized spacial score (nSPS) is 22.9. The highest BCUT2D eigenvalue weighted by atomic mass is 31.1. The van der Waals surface area contributed by atoms with E-state index in [1.807, 2.05) is 6.92 Å². The number of methoxy groups -OCH3 is 1. The van der Waals surface area contributed by atoms with Crippen LogP contribution in [0.1, 0.15) is 51.5 Å². The van der Waals surface area contributed by atoms with Crippen LogP contribution in [0.5, 0.6) is 0 Å². The van der Waals surface area contributed by atoms with E-state index >= 15 is 0 Å². The number of nitrogens with zero attached hydrogens (tertiary/aromatic N) is 2. The number of hydrazone groups is 1. The lowest BCUT2D eigenvalue weighted by atomic mass is 9.76. The molecule has 9 heteroatoms. The van der Waals surface area contributed by atoms with Gasteiger partial charge in [0, 0.05) is 37.5 Å². The molecule has 0 spiro atoms. The molecule has 0 fully saturated rings. The smallest absolute Gasteiger partial charge is 0.132 e. The molecule has 1 aliphatic carbocycles. The van der Waals surface area contributed by atoms with Gasteiger partial charge in [-0.15, -0.1) is 0 Å². The van der Waals surface area contributed by atoms with Crippen molar-refractivity contribution in [3.63, 3.8) is 0 Å². The van der Waals surface area contributed by atoms with Gasteiger partial charge in [-0.25, -0.2) is 17.6 Å². The third-order valence-electron chi connectivity index (χ3n) is 7.04. The van der Waals surface area contributed by atoms with Crippen molar-refractivity contribution in [2.75, 3.05) is 26.4 Å². The van der Waals surface area contributed by atoms with E-state index in [1.54, 1.807) is 19.0 Å². The van der Waals surface area contributed by atoms with Crippen LogP contribution in [0.25, 0.3) is 0 Å². The van der Waals surface area contributed by atoms with Crippen LogP contribution in [0.15, 0.2) is 70.3 Å². The maximum absolute atomic E-state index is 14.8. The third kappa shape index (κ3) is 6.78. The molecule has 2 aliphatic rings. The fraction of sp³-hybridized carbons (Fsp3) is 0.464. The van der Waals surface area contributed by atoms with Gasteiger partial charge in [0.15, 0.2) is 0 Å². The predicted octanol–water partition coefficient (Wildman–Crippen LogP) is 7.10. The summed E-state index contributed by atoms with van der Waals surface area (Å²) in [6, 6.07) is 3.22. The maximum atomic E-state index is 14.8. The van der Waals surface area contributed by atoms with E-state index in [1.165, 1.54) is 6.08 Å². The summed E-state index contributed by atoms with van der Waals surface area (Å²) < 4.78 is 63.1. The van der Waals surface area contributed by atoms with Gasteiger partial charge < -0.3 is 10.5 Å². The molecule has 2 N–H and O–H groups in total. The Bertz CT molecular complexity index is 1130. The molecule has 1 aromatic rings. The molecule has 2 unspecified atom stereocenters. The Kier molecular flexibility index (Phi) is 10.3. The summed E-state index contributed by atoms with van der Waals surface area (Å²) >= 11 is 0. The van der Waals surface area contributed by atoms with Gasteiger partial charge in [0.25, 0.3) is 0 Å². The van der Waals surface area contributed by atoms with E-state index in [0.717, 1.165) is 48.6 Å². The van der Waals surface area contributed by atoms with Crippen molar-refractivity contribution < 1.29 is 22.3 Å². The lowest BCUT2D eigenvalue weighted by molar-refractivity contribution is 0.119. The second kappa shape index (κ2) is 13.0. The van der Waals surface area contributed by atoms with Crippen LogP contribution >= 0.6 is 8.58 Å².